The Bertz CT molecular complexity index is 557. The molecule has 0 unspecified atom stereocenters. The van der Waals surface area contributed by atoms with Gasteiger partial charge in [0.25, 0.3) is 0 Å². The van der Waals surface area contributed by atoms with Crippen molar-refractivity contribution in [3.05, 3.63) is 29.0 Å². The molecule has 7 heteroatoms. The summed E-state index contributed by atoms with van der Waals surface area (Å²) >= 11 is 5.53. The lowest BCUT2D eigenvalue weighted by molar-refractivity contribution is -0.137. The van der Waals surface area contributed by atoms with E-state index >= 15 is 0 Å². The Morgan fingerprint density at radius 1 is 1.26 bits per heavy atom. The Morgan fingerprint density at radius 3 is 2.53 bits per heavy atom. The first-order chi connectivity index (χ1) is 8.83. The van der Waals surface area contributed by atoms with E-state index in [0.29, 0.717) is 19.3 Å². The second-order valence-electron chi connectivity index (χ2n) is 4.10. The Labute approximate surface area is 116 Å². The molecule has 1 N–H and O–H groups in total. The van der Waals surface area contributed by atoms with Crippen molar-refractivity contribution in [1.82, 2.24) is 0 Å². The van der Waals surface area contributed by atoms with E-state index in [9.17, 15) is 17.6 Å². The molecule has 0 radical (unpaired) electrons. The van der Waals surface area contributed by atoms with Crippen LogP contribution in [0.2, 0.25) is 5.02 Å². The van der Waals surface area contributed by atoms with Gasteiger partial charge in [-0.3, -0.25) is 4.79 Å². The first-order valence-electron chi connectivity index (χ1n) is 5.72. The standard InChI is InChI=1S/C12H14ClFO4S/c13-10-8-9(5-6-11(10)14)19(17,18)7-3-1-2-4-12(15)16/h5-6,8H,1-4,7H2,(H,15,16). The van der Waals surface area contributed by atoms with Gasteiger partial charge >= 0.3 is 5.97 Å². The van der Waals surface area contributed by atoms with Crippen LogP contribution in [0.1, 0.15) is 25.7 Å². The number of benzene rings is 1. The Kier molecular flexibility index (Phi) is 5.75. The molecule has 0 aliphatic heterocycles. The predicted molar refractivity (Wildman–Crippen MR) is 69.6 cm³/mol. The molecule has 0 aromatic heterocycles. The zero-order valence-electron chi connectivity index (χ0n) is 10.1. The second kappa shape index (κ2) is 6.86. The summed E-state index contributed by atoms with van der Waals surface area (Å²) in [6, 6.07) is 3.27. The number of aliphatic carboxylic acids is 1. The van der Waals surface area contributed by atoms with E-state index in [1.54, 1.807) is 0 Å². The van der Waals surface area contributed by atoms with Gasteiger partial charge < -0.3 is 5.11 Å². The van der Waals surface area contributed by atoms with Gasteiger partial charge in [0.15, 0.2) is 9.84 Å². The number of hydrogen-bond donors (Lipinski definition) is 1. The minimum absolute atomic E-state index is 0.0165. The number of unbranched alkanes of at least 4 members (excludes halogenated alkanes) is 2. The number of halogens is 2. The van der Waals surface area contributed by atoms with Crippen molar-refractivity contribution in [3.8, 4) is 0 Å². The molecule has 0 aliphatic rings. The quantitative estimate of drug-likeness (QED) is 0.621. The molecule has 1 rings (SSSR count). The van der Waals surface area contributed by atoms with Crippen LogP contribution in [0.5, 0.6) is 0 Å². The van der Waals surface area contributed by atoms with Gasteiger partial charge in [-0.15, -0.1) is 0 Å². The lowest BCUT2D eigenvalue weighted by Gasteiger charge is -2.05. The summed E-state index contributed by atoms with van der Waals surface area (Å²) in [5, 5.41) is 8.21. The normalized spacial score (nSPS) is 11.5. The zero-order chi connectivity index (χ0) is 14.5. The van der Waals surface area contributed by atoms with Gasteiger partial charge in [-0.25, -0.2) is 12.8 Å². The van der Waals surface area contributed by atoms with Gasteiger partial charge in [-0.1, -0.05) is 18.0 Å². The van der Waals surface area contributed by atoms with Crippen molar-refractivity contribution < 1.29 is 22.7 Å². The van der Waals surface area contributed by atoms with Crippen LogP contribution in [0.25, 0.3) is 0 Å². The fraction of sp³-hybridized carbons (Fsp3) is 0.417. The maximum atomic E-state index is 12.9. The zero-order valence-corrected chi connectivity index (χ0v) is 11.7. The Hall–Kier alpha value is -1.14. The van der Waals surface area contributed by atoms with E-state index in [0.717, 1.165) is 12.1 Å². The average Bonchev–Trinajstić information content (AvgIpc) is 2.31. The molecule has 0 fully saturated rings. The molecule has 0 atom stereocenters. The summed E-state index contributed by atoms with van der Waals surface area (Å²) in [6.45, 7) is 0. The lowest BCUT2D eigenvalue weighted by Crippen LogP contribution is -2.07. The third-order valence-corrected chi connectivity index (χ3v) is 4.64. The third-order valence-electron chi connectivity index (χ3n) is 2.55. The van der Waals surface area contributed by atoms with Crippen LogP contribution in [0.3, 0.4) is 0 Å². The molecule has 106 valence electrons. The highest BCUT2D eigenvalue weighted by atomic mass is 35.5. The molecular weight excluding hydrogens is 295 g/mol. The van der Waals surface area contributed by atoms with Gasteiger partial charge in [0, 0.05) is 6.42 Å². The van der Waals surface area contributed by atoms with E-state index in [4.69, 9.17) is 16.7 Å². The summed E-state index contributed by atoms with van der Waals surface area (Å²) in [5.41, 5.74) is 0. The molecule has 0 heterocycles. The minimum Gasteiger partial charge on any atom is -0.481 e. The molecule has 0 amide bonds. The van der Waals surface area contributed by atoms with Crippen LogP contribution in [-0.2, 0) is 14.6 Å². The third kappa shape index (κ3) is 5.16. The molecule has 0 aliphatic carbocycles. The molecule has 0 saturated carbocycles. The first kappa shape index (κ1) is 15.9. The number of hydrogen-bond acceptors (Lipinski definition) is 3. The maximum Gasteiger partial charge on any atom is 0.303 e. The van der Waals surface area contributed by atoms with E-state index < -0.39 is 21.6 Å². The van der Waals surface area contributed by atoms with Crippen LogP contribution in [0.15, 0.2) is 23.1 Å². The molecular formula is C12H14ClFO4S. The summed E-state index contributed by atoms with van der Waals surface area (Å²) in [4.78, 5) is 10.3. The first-order valence-corrected chi connectivity index (χ1v) is 7.75. The van der Waals surface area contributed by atoms with Crippen molar-refractivity contribution in [2.24, 2.45) is 0 Å². The number of rotatable bonds is 7. The molecule has 0 saturated heterocycles. The van der Waals surface area contributed by atoms with Crippen LogP contribution in [0, 0.1) is 5.82 Å². The summed E-state index contributed by atoms with van der Waals surface area (Å²) < 4.78 is 36.7. The molecule has 0 bridgehead atoms. The summed E-state index contributed by atoms with van der Waals surface area (Å²) in [5.74, 6) is -1.66. The van der Waals surface area contributed by atoms with Crippen molar-refractivity contribution >= 4 is 27.4 Å². The van der Waals surface area contributed by atoms with Gasteiger partial charge in [-0.05, 0) is 31.0 Å². The molecule has 19 heavy (non-hydrogen) atoms. The molecule has 1 aromatic carbocycles. The highest BCUT2D eigenvalue weighted by Gasteiger charge is 2.15. The fourth-order valence-electron chi connectivity index (χ4n) is 1.53. The number of carboxylic acid groups (broad SMARTS) is 1. The monoisotopic (exact) mass is 308 g/mol. The Balaban J connectivity index is 2.56. The highest BCUT2D eigenvalue weighted by Crippen LogP contribution is 2.21. The fourth-order valence-corrected chi connectivity index (χ4v) is 3.17. The molecule has 0 spiro atoms. The predicted octanol–water partition coefficient (Wildman–Crippen LogP) is 2.90. The van der Waals surface area contributed by atoms with Crippen molar-refractivity contribution in [2.75, 3.05) is 5.75 Å². The Morgan fingerprint density at radius 2 is 1.95 bits per heavy atom. The second-order valence-corrected chi connectivity index (χ2v) is 6.62. The smallest absolute Gasteiger partial charge is 0.303 e. The van der Waals surface area contributed by atoms with Gasteiger partial charge in [0.2, 0.25) is 0 Å². The van der Waals surface area contributed by atoms with Crippen LogP contribution < -0.4 is 0 Å². The van der Waals surface area contributed by atoms with Crippen LogP contribution in [-0.4, -0.2) is 25.2 Å². The number of carbonyl (C=O) groups is 1. The summed E-state index contributed by atoms with van der Waals surface area (Å²) in [7, 11) is -3.50. The minimum atomic E-state index is -3.50. The summed E-state index contributed by atoms with van der Waals surface area (Å²) in [6.07, 6.45) is 1.35. The van der Waals surface area contributed by atoms with Crippen LogP contribution in [0.4, 0.5) is 4.39 Å². The topological polar surface area (TPSA) is 71.4 Å². The van der Waals surface area contributed by atoms with Gasteiger partial charge in [-0.2, -0.15) is 0 Å². The van der Waals surface area contributed by atoms with E-state index in [-0.39, 0.29) is 22.1 Å². The molecule has 1 aromatic rings. The van der Waals surface area contributed by atoms with Crippen molar-refractivity contribution in [2.45, 2.75) is 30.6 Å². The van der Waals surface area contributed by atoms with Gasteiger partial charge in [0.1, 0.15) is 5.82 Å². The van der Waals surface area contributed by atoms with Crippen molar-refractivity contribution in [3.63, 3.8) is 0 Å². The van der Waals surface area contributed by atoms with E-state index in [1.165, 1.54) is 6.07 Å². The number of carboxylic acids is 1. The molecule has 4 nitrogen and oxygen atoms in total. The number of sulfone groups is 1. The average molecular weight is 309 g/mol. The maximum absolute atomic E-state index is 12.9. The highest BCUT2D eigenvalue weighted by molar-refractivity contribution is 7.91. The van der Waals surface area contributed by atoms with E-state index in [2.05, 4.69) is 0 Å². The largest absolute Gasteiger partial charge is 0.481 e. The SMILES string of the molecule is O=C(O)CCCCCS(=O)(=O)c1ccc(F)c(Cl)c1. The van der Waals surface area contributed by atoms with Crippen molar-refractivity contribution in [1.29, 1.82) is 0 Å². The van der Waals surface area contributed by atoms with Gasteiger partial charge in [0.05, 0.1) is 15.7 Å². The lowest BCUT2D eigenvalue weighted by atomic mass is 10.2. The van der Waals surface area contributed by atoms with Crippen LogP contribution >= 0.6 is 11.6 Å². The van der Waals surface area contributed by atoms with E-state index in [1.807, 2.05) is 0 Å².